The molecule has 0 atom stereocenters. The van der Waals surface area contributed by atoms with E-state index in [1.165, 1.54) is 0 Å². The smallest absolute Gasteiger partial charge is 0.236 e. The largest absolute Gasteiger partial charge is 0.268 e. The van der Waals surface area contributed by atoms with Gasteiger partial charge in [0.25, 0.3) is 10.0 Å². The lowest BCUT2D eigenvalue weighted by Gasteiger charge is -2.37. The summed E-state index contributed by atoms with van der Waals surface area (Å²) in [5.74, 6) is 0. The molecule has 0 bridgehead atoms. The molecular formula is C34H27NO2S. The monoisotopic (exact) mass is 513 g/mol. The van der Waals surface area contributed by atoms with E-state index < -0.39 is 15.4 Å². The van der Waals surface area contributed by atoms with Gasteiger partial charge in [-0.1, -0.05) is 127 Å². The summed E-state index contributed by atoms with van der Waals surface area (Å²) in [7, 11) is -3.96. The SMILES string of the molecule is Cc1ccc(S(=O)(=O)n2c(C(c3ccccc3)(c3ccccc3)c3ccccc3)cc3ccccc32)cc1. The number of hydrogen-bond acceptors (Lipinski definition) is 2. The summed E-state index contributed by atoms with van der Waals surface area (Å²) in [6, 6.07) is 47.4. The average Bonchev–Trinajstić information content (AvgIpc) is 3.36. The Morgan fingerprint density at radius 2 is 1.00 bits per heavy atom. The van der Waals surface area contributed by atoms with Crippen molar-refractivity contribution in [3.05, 3.63) is 174 Å². The number of nitrogens with zero attached hydrogens (tertiary/aromatic N) is 1. The van der Waals surface area contributed by atoms with E-state index in [9.17, 15) is 8.42 Å². The van der Waals surface area contributed by atoms with E-state index in [-0.39, 0.29) is 4.90 Å². The molecule has 0 radical (unpaired) electrons. The molecule has 186 valence electrons. The van der Waals surface area contributed by atoms with Gasteiger partial charge in [0.2, 0.25) is 0 Å². The first-order valence-corrected chi connectivity index (χ1v) is 14.1. The van der Waals surface area contributed by atoms with Crippen LogP contribution >= 0.6 is 0 Å². The molecule has 3 nitrogen and oxygen atoms in total. The van der Waals surface area contributed by atoms with Crippen molar-refractivity contribution < 1.29 is 8.42 Å². The zero-order chi connectivity index (χ0) is 26.2. The van der Waals surface area contributed by atoms with Crippen molar-refractivity contribution in [2.24, 2.45) is 0 Å². The number of para-hydroxylation sites is 1. The molecule has 38 heavy (non-hydrogen) atoms. The zero-order valence-corrected chi connectivity index (χ0v) is 21.8. The van der Waals surface area contributed by atoms with Gasteiger partial charge in [-0.3, -0.25) is 0 Å². The van der Waals surface area contributed by atoms with E-state index in [0.717, 1.165) is 27.6 Å². The van der Waals surface area contributed by atoms with Crippen molar-refractivity contribution in [3.63, 3.8) is 0 Å². The van der Waals surface area contributed by atoms with E-state index in [1.807, 2.05) is 104 Å². The molecule has 1 aromatic heterocycles. The number of fused-ring (bicyclic) bond motifs is 1. The fourth-order valence-electron chi connectivity index (χ4n) is 5.47. The number of aromatic nitrogens is 1. The highest BCUT2D eigenvalue weighted by Crippen LogP contribution is 2.47. The average molecular weight is 514 g/mol. The zero-order valence-electron chi connectivity index (χ0n) is 21.0. The normalized spacial score (nSPS) is 12.0. The molecule has 0 saturated heterocycles. The molecule has 0 aliphatic rings. The predicted octanol–water partition coefficient (Wildman–Crippen LogP) is 7.57. The quantitative estimate of drug-likeness (QED) is 0.216. The first kappa shape index (κ1) is 24.0. The first-order chi connectivity index (χ1) is 18.5. The molecular weight excluding hydrogens is 486 g/mol. The van der Waals surface area contributed by atoms with E-state index in [4.69, 9.17) is 0 Å². The van der Waals surface area contributed by atoms with Crippen LogP contribution in [0.2, 0.25) is 0 Å². The molecule has 0 spiro atoms. The lowest BCUT2D eigenvalue weighted by molar-refractivity contribution is 0.582. The summed E-state index contributed by atoms with van der Waals surface area (Å²) < 4.78 is 30.6. The minimum absolute atomic E-state index is 0.258. The minimum Gasteiger partial charge on any atom is -0.236 e. The van der Waals surface area contributed by atoms with Gasteiger partial charge in [0.05, 0.1) is 21.5 Å². The Labute approximate surface area is 223 Å². The topological polar surface area (TPSA) is 39.1 Å². The molecule has 0 aliphatic heterocycles. The van der Waals surface area contributed by atoms with Crippen molar-refractivity contribution >= 4 is 20.9 Å². The Balaban J connectivity index is 1.82. The van der Waals surface area contributed by atoms with Gasteiger partial charge < -0.3 is 0 Å². The van der Waals surface area contributed by atoms with Crippen LogP contribution in [0, 0.1) is 6.92 Å². The second-order valence-electron chi connectivity index (χ2n) is 9.52. The lowest BCUT2D eigenvalue weighted by atomic mass is 9.67. The van der Waals surface area contributed by atoms with E-state index in [2.05, 4.69) is 36.4 Å². The van der Waals surface area contributed by atoms with Crippen molar-refractivity contribution in [2.45, 2.75) is 17.2 Å². The van der Waals surface area contributed by atoms with Crippen LogP contribution in [0.5, 0.6) is 0 Å². The Bertz CT molecular complexity index is 1710. The molecule has 4 heteroatoms. The molecule has 1 heterocycles. The van der Waals surface area contributed by atoms with Gasteiger partial charge in [-0.15, -0.1) is 0 Å². The summed E-state index contributed by atoms with van der Waals surface area (Å²) in [5.41, 5.74) is 4.38. The standard InChI is InChI=1S/C34H27NO2S/c1-26-21-23-31(24-22-26)38(36,37)35-32-20-12-11-13-27(32)25-33(35)34(28-14-5-2-6-15-28,29-16-7-3-8-17-29)30-18-9-4-10-19-30/h2-25H,1H3. The maximum atomic E-state index is 14.5. The third-order valence-electron chi connectivity index (χ3n) is 7.23. The van der Waals surface area contributed by atoms with E-state index in [0.29, 0.717) is 11.2 Å². The number of hydrogen-bond donors (Lipinski definition) is 0. The first-order valence-electron chi connectivity index (χ1n) is 12.6. The molecule has 6 aromatic rings. The van der Waals surface area contributed by atoms with Crippen LogP contribution in [0.25, 0.3) is 10.9 Å². The van der Waals surface area contributed by atoms with Crippen molar-refractivity contribution in [2.75, 3.05) is 0 Å². The molecule has 0 N–H and O–H groups in total. The van der Waals surface area contributed by atoms with Gasteiger partial charge >= 0.3 is 0 Å². The van der Waals surface area contributed by atoms with Crippen LogP contribution in [0.4, 0.5) is 0 Å². The molecule has 0 amide bonds. The van der Waals surface area contributed by atoms with Crippen molar-refractivity contribution in [3.8, 4) is 0 Å². The minimum atomic E-state index is -3.96. The van der Waals surface area contributed by atoms with Crippen molar-refractivity contribution in [1.82, 2.24) is 3.97 Å². The molecule has 6 rings (SSSR count). The molecule has 0 aliphatic carbocycles. The summed E-state index contributed by atoms with van der Waals surface area (Å²) in [6.07, 6.45) is 0. The highest BCUT2D eigenvalue weighted by molar-refractivity contribution is 7.90. The summed E-state index contributed by atoms with van der Waals surface area (Å²) in [6.45, 7) is 1.96. The number of rotatable bonds is 6. The van der Waals surface area contributed by atoms with Gasteiger partial charge in [0.15, 0.2) is 0 Å². The number of aryl methyl sites for hydroxylation is 1. The maximum absolute atomic E-state index is 14.5. The van der Waals surface area contributed by atoms with Crippen molar-refractivity contribution in [1.29, 1.82) is 0 Å². The van der Waals surface area contributed by atoms with Crippen LogP contribution in [-0.4, -0.2) is 12.4 Å². The summed E-state index contributed by atoms with van der Waals surface area (Å²) in [4.78, 5) is 0.258. The molecule has 0 saturated carbocycles. The van der Waals surface area contributed by atoms with Crippen LogP contribution in [0.15, 0.2) is 150 Å². The third-order valence-corrected chi connectivity index (χ3v) is 8.97. The maximum Gasteiger partial charge on any atom is 0.268 e. The van der Waals surface area contributed by atoms with Crippen LogP contribution in [0.3, 0.4) is 0 Å². The van der Waals surface area contributed by atoms with Crippen LogP contribution in [0.1, 0.15) is 27.9 Å². The fraction of sp³-hybridized carbons (Fsp3) is 0.0588. The molecule has 0 unspecified atom stereocenters. The Kier molecular flexibility index (Phi) is 5.97. The van der Waals surface area contributed by atoms with Gasteiger partial charge in [0, 0.05) is 5.39 Å². The predicted molar refractivity (Wildman–Crippen MR) is 154 cm³/mol. The highest BCUT2D eigenvalue weighted by atomic mass is 32.2. The highest BCUT2D eigenvalue weighted by Gasteiger charge is 2.43. The third kappa shape index (κ3) is 3.77. The summed E-state index contributed by atoms with van der Waals surface area (Å²) in [5, 5.41) is 0.866. The van der Waals surface area contributed by atoms with Gasteiger partial charge in [-0.25, -0.2) is 12.4 Å². The second-order valence-corrected chi connectivity index (χ2v) is 11.3. The lowest BCUT2D eigenvalue weighted by Crippen LogP contribution is -2.35. The Morgan fingerprint density at radius 1 is 0.553 bits per heavy atom. The van der Waals surface area contributed by atoms with E-state index >= 15 is 0 Å². The Morgan fingerprint density at radius 3 is 1.50 bits per heavy atom. The van der Waals surface area contributed by atoms with Gasteiger partial charge in [-0.2, -0.15) is 0 Å². The van der Waals surface area contributed by atoms with E-state index in [1.54, 1.807) is 16.1 Å². The Hall–Kier alpha value is -4.41. The van der Waals surface area contributed by atoms with Crippen LogP contribution < -0.4 is 0 Å². The summed E-state index contributed by atoms with van der Waals surface area (Å²) >= 11 is 0. The fourth-order valence-corrected chi connectivity index (χ4v) is 7.04. The second kappa shape index (κ2) is 9.47. The molecule has 0 fully saturated rings. The van der Waals surface area contributed by atoms with Gasteiger partial charge in [-0.05, 0) is 47.9 Å². The molecule has 5 aromatic carbocycles. The van der Waals surface area contributed by atoms with Crippen LogP contribution in [-0.2, 0) is 15.4 Å². The van der Waals surface area contributed by atoms with Gasteiger partial charge in [0.1, 0.15) is 0 Å². The number of benzene rings is 5.